The molecule has 2 aliphatic heterocycles. The number of hydrogen-bond donors (Lipinski definition) is 2. The lowest BCUT2D eigenvalue weighted by Gasteiger charge is -2.34. The second kappa shape index (κ2) is 15.1. The van der Waals surface area contributed by atoms with E-state index in [4.69, 9.17) is 9.47 Å². The zero-order valence-corrected chi connectivity index (χ0v) is 25.0. The number of nitrogens with zero attached hydrogens (tertiary/aromatic N) is 2. The van der Waals surface area contributed by atoms with Gasteiger partial charge in [0, 0.05) is 39.1 Å². The largest absolute Gasteiger partial charge is 0.497 e. The van der Waals surface area contributed by atoms with Crippen LogP contribution in [0.5, 0.6) is 5.75 Å². The highest BCUT2D eigenvalue weighted by molar-refractivity contribution is 5.82. The van der Waals surface area contributed by atoms with Gasteiger partial charge < -0.3 is 29.7 Å². The maximum absolute atomic E-state index is 13.0. The summed E-state index contributed by atoms with van der Waals surface area (Å²) in [6.45, 7) is 7.90. The van der Waals surface area contributed by atoms with Crippen LogP contribution < -0.4 is 10.1 Å². The van der Waals surface area contributed by atoms with E-state index < -0.39 is 17.5 Å². The average molecular weight is 574 g/mol. The quantitative estimate of drug-likeness (QED) is 0.408. The smallest absolute Gasteiger partial charge is 0.410 e. The number of amides is 3. The van der Waals surface area contributed by atoms with Gasteiger partial charge in [-0.3, -0.25) is 14.4 Å². The van der Waals surface area contributed by atoms with Crippen molar-refractivity contribution in [3.05, 3.63) is 29.8 Å². The molecule has 41 heavy (non-hydrogen) atoms. The predicted molar refractivity (Wildman–Crippen MR) is 155 cm³/mol. The molecule has 3 rings (SSSR count). The van der Waals surface area contributed by atoms with Gasteiger partial charge in [-0.15, -0.1) is 0 Å². The third kappa shape index (κ3) is 10.6. The number of carboxylic acid groups (broad SMARTS) is 1. The number of carbonyl (C=O) groups is 4. The van der Waals surface area contributed by atoms with Gasteiger partial charge in [0.1, 0.15) is 11.4 Å². The highest BCUT2D eigenvalue weighted by atomic mass is 16.6. The summed E-state index contributed by atoms with van der Waals surface area (Å²) in [6.07, 6.45) is 5.00. The normalized spacial score (nSPS) is 18.9. The molecular formula is C31H47N3O7. The van der Waals surface area contributed by atoms with E-state index in [1.165, 1.54) is 0 Å². The number of carboxylic acids is 1. The van der Waals surface area contributed by atoms with E-state index in [-0.39, 0.29) is 30.4 Å². The lowest BCUT2D eigenvalue weighted by Crippen LogP contribution is -2.46. The molecule has 2 aliphatic rings. The number of ether oxygens (including phenoxy) is 2. The Morgan fingerprint density at radius 3 is 2.46 bits per heavy atom. The summed E-state index contributed by atoms with van der Waals surface area (Å²) in [5.74, 6) is -1.01. The first-order chi connectivity index (χ1) is 19.4. The van der Waals surface area contributed by atoms with Gasteiger partial charge in [-0.05, 0) is 89.3 Å². The number of nitrogens with one attached hydrogen (secondary N) is 1. The van der Waals surface area contributed by atoms with Gasteiger partial charge in [0.15, 0.2) is 0 Å². The van der Waals surface area contributed by atoms with Crippen molar-refractivity contribution in [2.45, 2.75) is 77.7 Å². The van der Waals surface area contributed by atoms with Crippen molar-refractivity contribution in [2.24, 2.45) is 17.8 Å². The minimum absolute atomic E-state index is 0.0544. The second-order valence-corrected chi connectivity index (χ2v) is 12.3. The topological polar surface area (TPSA) is 125 Å². The monoisotopic (exact) mass is 573 g/mol. The number of rotatable bonds is 11. The van der Waals surface area contributed by atoms with Gasteiger partial charge in [-0.25, -0.2) is 4.79 Å². The van der Waals surface area contributed by atoms with E-state index in [9.17, 15) is 24.3 Å². The van der Waals surface area contributed by atoms with Crippen molar-refractivity contribution in [1.82, 2.24) is 15.1 Å². The average Bonchev–Trinajstić information content (AvgIpc) is 2.95. The summed E-state index contributed by atoms with van der Waals surface area (Å²) in [6, 6.07) is 7.53. The van der Waals surface area contributed by atoms with Crippen LogP contribution >= 0.6 is 0 Å². The third-order valence-corrected chi connectivity index (χ3v) is 7.97. The van der Waals surface area contributed by atoms with E-state index in [0.717, 1.165) is 37.0 Å². The molecule has 2 saturated heterocycles. The second-order valence-electron chi connectivity index (χ2n) is 12.3. The van der Waals surface area contributed by atoms with Crippen molar-refractivity contribution in [1.29, 1.82) is 0 Å². The van der Waals surface area contributed by atoms with Crippen molar-refractivity contribution < 1.29 is 33.8 Å². The summed E-state index contributed by atoms with van der Waals surface area (Å²) in [7, 11) is 1.59. The molecule has 228 valence electrons. The minimum Gasteiger partial charge on any atom is -0.497 e. The zero-order valence-electron chi connectivity index (χ0n) is 25.0. The Bertz CT molecular complexity index is 1050. The van der Waals surface area contributed by atoms with Gasteiger partial charge in [-0.1, -0.05) is 12.1 Å². The molecule has 2 atom stereocenters. The molecule has 10 heteroatoms. The Kier molecular flexibility index (Phi) is 11.8. The van der Waals surface area contributed by atoms with Gasteiger partial charge in [0.25, 0.3) is 0 Å². The molecule has 2 heterocycles. The fourth-order valence-corrected chi connectivity index (χ4v) is 5.48. The highest BCUT2D eigenvalue weighted by Crippen LogP contribution is 2.25. The molecule has 0 aromatic heterocycles. The van der Waals surface area contributed by atoms with Gasteiger partial charge in [0.2, 0.25) is 11.8 Å². The highest BCUT2D eigenvalue weighted by Gasteiger charge is 2.31. The van der Waals surface area contributed by atoms with Crippen LogP contribution in [0.4, 0.5) is 4.79 Å². The first-order valence-corrected chi connectivity index (χ1v) is 14.8. The Morgan fingerprint density at radius 1 is 1.07 bits per heavy atom. The van der Waals surface area contributed by atoms with Crippen LogP contribution in [0.2, 0.25) is 0 Å². The molecule has 3 amide bonds. The molecule has 1 aromatic carbocycles. The molecule has 0 unspecified atom stereocenters. The Morgan fingerprint density at radius 2 is 1.80 bits per heavy atom. The van der Waals surface area contributed by atoms with Crippen molar-refractivity contribution in [3.63, 3.8) is 0 Å². The molecular weight excluding hydrogens is 526 g/mol. The van der Waals surface area contributed by atoms with Crippen LogP contribution in [-0.2, 0) is 25.5 Å². The van der Waals surface area contributed by atoms with Crippen LogP contribution in [0.25, 0.3) is 0 Å². The first kappa shape index (κ1) is 32.2. The van der Waals surface area contributed by atoms with Crippen LogP contribution in [0.1, 0.15) is 71.3 Å². The Labute approximate surface area is 243 Å². The zero-order chi connectivity index (χ0) is 30.0. The number of aliphatic carboxylic acids is 1. The fourth-order valence-electron chi connectivity index (χ4n) is 5.48. The number of likely N-dealkylation sites (tertiary alicyclic amines) is 2. The molecule has 0 saturated carbocycles. The lowest BCUT2D eigenvalue weighted by atomic mass is 9.91. The number of benzene rings is 1. The number of carbonyl (C=O) groups excluding carboxylic acids is 3. The van der Waals surface area contributed by atoms with Gasteiger partial charge >= 0.3 is 12.1 Å². The molecule has 0 bridgehead atoms. The fraction of sp³-hybridized carbons (Fsp3) is 0.677. The van der Waals surface area contributed by atoms with E-state index in [1.807, 2.05) is 45.0 Å². The standard InChI is InChI=1S/C31H47N3O7/c1-31(2,3)41-30(39)33-17-14-22(15-18-33)11-13-27(35)34-16-6-8-25(21-34)28(36)32-20-24(29(37)38)12-10-23-7-5-9-26(19-23)40-4/h5,7,9,19,22,24-25H,6,8,10-18,20-21H2,1-4H3,(H,32,36)(H,37,38)/t24-,25-/m1/s1. The number of hydrogen-bond acceptors (Lipinski definition) is 6. The van der Waals surface area contributed by atoms with E-state index in [1.54, 1.807) is 16.9 Å². The Hall–Kier alpha value is -3.30. The van der Waals surface area contributed by atoms with Gasteiger partial charge in [0.05, 0.1) is 18.9 Å². The van der Waals surface area contributed by atoms with Crippen molar-refractivity contribution in [2.75, 3.05) is 39.8 Å². The number of aryl methyl sites for hydroxylation is 1. The SMILES string of the molecule is COc1cccc(CC[C@H](CNC(=O)[C@@H]2CCCN(C(=O)CCC3CCN(C(=O)OC(C)(C)C)CC3)C2)C(=O)O)c1. The van der Waals surface area contributed by atoms with Crippen LogP contribution in [0.3, 0.4) is 0 Å². The summed E-state index contributed by atoms with van der Waals surface area (Å²) in [4.78, 5) is 53.5. The predicted octanol–water partition coefficient (Wildman–Crippen LogP) is 4.11. The van der Waals surface area contributed by atoms with E-state index >= 15 is 0 Å². The maximum Gasteiger partial charge on any atom is 0.410 e. The third-order valence-electron chi connectivity index (χ3n) is 7.97. The molecule has 0 aliphatic carbocycles. The molecule has 2 N–H and O–H groups in total. The van der Waals surface area contributed by atoms with Crippen LogP contribution in [-0.4, -0.2) is 84.2 Å². The lowest BCUT2D eigenvalue weighted by molar-refractivity contribution is -0.142. The summed E-state index contributed by atoms with van der Waals surface area (Å²) in [5.41, 5.74) is 0.468. The summed E-state index contributed by atoms with van der Waals surface area (Å²) >= 11 is 0. The summed E-state index contributed by atoms with van der Waals surface area (Å²) < 4.78 is 10.7. The van der Waals surface area contributed by atoms with Crippen LogP contribution in [0, 0.1) is 17.8 Å². The van der Waals surface area contributed by atoms with E-state index in [2.05, 4.69) is 5.32 Å². The molecule has 2 fully saturated rings. The minimum atomic E-state index is -0.939. The van der Waals surface area contributed by atoms with Crippen LogP contribution in [0.15, 0.2) is 24.3 Å². The maximum atomic E-state index is 13.0. The summed E-state index contributed by atoms with van der Waals surface area (Å²) in [5, 5.41) is 12.5. The molecule has 10 nitrogen and oxygen atoms in total. The van der Waals surface area contributed by atoms with E-state index in [0.29, 0.717) is 57.8 Å². The molecule has 0 radical (unpaired) electrons. The number of piperidine rings is 2. The Balaban J connectivity index is 1.39. The van der Waals surface area contributed by atoms with Crippen molar-refractivity contribution >= 4 is 23.9 Å². The van der Waals surface area contributed by atoms with Gasteiger partial charge in [-0.2, -0.15) is 0 Å². The molecule has 1 aromatic rings. The first-order valence-electron chi connectivity index (χ1n) is 14.8. The van der Waals surface area contributed by atoms with Crippen molar-refractivity contribution in [3.8, 4) is 5.75 Å². The molecule has 0 spiro atoms. The number of methoxy groups -OCH3 is 1.